The van der Waals surface area contributed by atoms with E-state index in [0.717, 1.165) is 10.6 Å². The molecule has 0 aliphatic rings. The summed E-state index contributed by atoms with van der Waals surface area (Å²) in [7, 11) is -2.24. The van der Waals surface area contributed by atoms with Gasteiger partial charge in [-0.1, -0.05) is 23.7 Å². The Kier molecular flexibility index (Phi) is 6.28. The van der Waals surface area contributed by atoms with E-state index in [1.807, 2.05) is 0 Å². The first kappa shape index (κ1) is 20.9. The summed E-state index contributed by atoms with van der Waals surface area (Å²) in [5.74, 6) is -1.42. The average Bonchev–Trinajstić information content (AvgIpc) is 2.60. The second kappa shape index (κ2) is 8.10. The molecule has 0 heterocycles. The van der Waals surface area contributed by atoms with E-state index < -0.39 is 21.8 Å². The fourth-order valence-electron chi connectivity index (χ4n) is 2.55. The third-order valence-electron chi connectivity index (χ3n) is 4.22. The van der Waals surface area contributed by atoms with Crippen molar-refractivity contribution in [1.29, 1.82) is 0 Å². The molecule has 0 saturated carbocycles. The van der Waals surface area contributed by atoms with Crippen LogP contribution in [0.15, 0.2) is 48.5 Å². The lowest BCUT2D eigenvalue weighted by atomic mass is 10.0. The molecule has 0 N–H and O–H groups in total. The summed E-state index contributed by atoms with van der Waals surface area (Å²) >= 11 is 5.87. The van der Waals surface area contributed by atoms with Crippen molar-refractivity contribution in [3.63, 3.8) is 0 Å². The molecule has 0 bridgehead atoms. The van der Waals surface area contributed by atoms with Crippen LogP contribution in [0, 0.1) is 0 Å². The Morgan fingerprint density at radius 1 is 0.963 bits per heavy atom. The lowest BCUT2D eigenvalue weighted by Gasteiger charge is -2.25. The Morgan fingerprint density at radius 2 is 1.44 bits per heavy atom. The molecule has 0 spiro atoms. The quantitative estimate of drug-likeness (QED) is 0.759. The van der Waals surface area contributed by atoms with Gasteiger partial charge in [0.15, 0.2) is 0 Å². The van der Waals surface area contributed by atoms with Crippen molar-refractivity contribution in [2.75, 3.05) is 22.5 Å². The predicted octanol–water partition coefficient (Wildman–Crippen LogP) is 3.42. The minimum Gasteiger partial charge on any atom is -0.316 e. The molecular formula is C19H21ClN2O4S. The number of nitrogens with zero attached hydrogens (tertiary/aromatic N) is 2. The van der Waals surface area contributed by atoms with Gasteiger partial charge in [-0.05, 0) is 48.9 Å². The van der Waals surface area contributed by atoms with Crippen LogP contribution in [-0.2, 0) is 19.6 Å². The van der Waals surface area contributed by atoms with Gasteiger partial charge in [0.2, 0.25) is 21.8 Å². The van der Waals surface area contributed by atoms with Crippen molar-refractivity contribution in [2.45, 2.75) is 19.8 Å². The molecule has 144 valence electrons. The summed E-state index contributed by atoms with van der Waals surface area (Å²) in [6.07, 6.45) is 0.981. The summed E-state index contributed by atoms with van der Waals surface area (Å²) in [6, 6.07) is 12.9. The molecule has 2 rings (SSSR count). The maximum absolute atomic E-state index is 13.0. The zero-order valence-electron chi connectivity index (χ0n) is 15.5. The highest BCUT2D eigenvalue weighted by molar-refractivity contribution is 7.92. The Balaban J connectivity index is 2.39. The van der Waals surface area contributed by atoms with Gasteiger partial charge < -0.3 is 4.90 Å². The number of rotatable bonds is 5. The van der Waals surface area contributed by atoms with Crippen LogP contribution >= 0.6 is 11.6 Å². The van der Waals surface area contributed by atoms with Crippen LogP contribution in [0.3, 0.4) is 0 Å². The van der Waals surface area contributed by atoms with Crippen molar-refractivity contribution in [3.8, 4) is 0 Å². The molecule has 0 fully saturated rings. The number of hydrogen-bond acceptors (Lipinski definition) is 4. The van der Waals surface area contributed by atoms with Crippen LogP contribution in [0.2, 0.25) is 5.02 Å². The van der Waals surface area contributed by atoms with Crippen LogP contribution in [-0.4, -0.2) is 33.5 Å². The standard InChI is InChI=1S/C19H21ClN2O4S/c1-13(15-5-7-16(20)8-6-15)19(24)22(27(4,25)26)18-11-9-17(10-12-18)21(3)14(2)23/h5-13H,1-4H3. The summed E-state index contributed by atoms with van der Waals surface area (Å²) in [4.78, 5) is 25.8. The lowest BCUT2D eigenvalue weighted by molar-refractivity contribution is -0.118. The lowest BCUT2D eigenvalue weighted by Crippen LogP contribution is -2.38. The van der Waals surface area contributed by atoms with Crippen molar-refractivity contribution in [1.82, 2.24) is 0 Å². The van der Waals surface area contributed by atoms with Crippen LogP contribution in [0.4, 0.5) is 11.4 Å². The third-order valence-corrected chi connectivity index (χ3v) is 5.52. The number of carbonyl (C=O) groups excluding carboxylic acids is 2. The van der Waals surface area contributed by atoms with Crippen molar-refractivity contribution in [2.24, 2.45) is 0 Å². The molecular weight excluding hydrogens is 388 g/mol. The molecule has 0 aromatic heterocycles. The van der Waals surface area contributed by atoms with Gasteiger partial charge in [0.05, 0.1) is 17.9 Å². The maximum Gasteiger partial charge on any atom is 0.247 e. The van der Waals surface area contributed by atoms with Crippen molar-refractivity contribution >= 4 is 44.8 Å². The van der Waals surface area contributed by atoms with Gasteiger partial charge in [-0.25, -0.2) is 12.7 Å². The van der Waals surface area contributed by atoms with E-state index in [0.29, 0.717) is 16.3 Å². The van der Waals surface area contributed by atoms with E-state index in [1.54, 1.807) is 50.4 Å². The average molecular weight is 409 g/mol. The number of anilines is 2. The normalized spacial score (nSPS) is 12.3. The van der Waals surface area contributed by atoms with Gasteiger partial charge >= 0.3 is 0 Å². The van der Waals surface area contributed by atoms with E-state index in [4.69, 9.17) is 11.6 Å². The molecule has 0 radical (unpaired) electrons. The molecule has 0 aliphatic heterocycles. The zero-order chi connectivity index (χ0) is 20.4. The fourth-order valence-corrected chi connectivity index (χ4v) is 3.66. The van der Waals surface area contributed by atoms with Gasteiger partial charge in [-0.2, -0.15) is 0 Å². The smallest absolute Gasteiger partial charge is 0.247 e. The predicted molar refractivity (Wildman–Crippen MR) is 108 cm³/mol. The summed E-state index contributed by atoms with van der Waals surface area (Å²) in [5, 5.41) is 0.531. The second-order valence-electron chi connectivity index (χ2n) is 6.23. The highest BCUT2D eigenvalue weighted by atomic mass is 35.5. The van der Waals surface area contributed by atoms with Crippen LogP contribution in [0.5, 0.6) is 0 Å². The molecule has 2 aromatic rings. The molecule has 2 amide bonds. The van der Waals surface area contributed by atoms with Gasteiger partial charge in [-0.3, -0.25) is 9.59 Å². The zero-order valence-corrected chi connectivity index (χ0v) is 17.1. The van der Waals surface area contributed by atoms with Crippen molar-refractivity contribution in [3.05, 3.63) is 59.1 Å². The monoisotopic (exact) mass is 408 g/mol. The number of hydrogen-bond donors (Lipinski definition) is 0. The largest absolute Gasteiger partial charge is 0.316 e. The Hall–Kier alpha value is -2.38. The molecule has 1 atom stereocenters. The highest BCUT2D eigenvalue weighted by Crippen LogP contribution is 2.27. The van der Waals surface area contributed by atoms with Crippen LogP contribution < -0.4 is 9.21 Å². The molecule has 1 unspecified atom stereocenters. The first-order valence-electron chi connectivity index (χ1n) is 8.16. The topological polar surface area (TPSA) is 74.8 Å². The summed E-state index contributed by atoms with van der Waals surface area (Å²) < 4.78 is 25.4. The summed E-state index contributed by atoms with van der Waals surface area (Å²) in [6.45, 7) is 3.07. The third kappa shape index (κ3) is 4.87. The number of carbonyl (C=O) groups is 2. The van der Waals surface area contributed by atoms with Crippen LogP contribution in [0.1, 0.15) is 25.3 Å². The Labute approximate surface area is 164 Å². The maximum atomic E-state index is 13.0. The number of amides is 2. The molecule has 0 aliphatic carbocycles. The van der Waals surface area contributed by atoms with Gasteiger partial charge in [0, 0.05) is 24.7 Å². The molecule has 0 saturated heterocycles. The number of benzene rings is 2. The molecule has 8 heteroatoms. The fraction of sp³-hybridized carbons (Fsp3) is 0.263. The minimum absolute atomic E-state index is 0.157. The highest BCUT2D eigenvalue weighted by Gasteiger charge is 2.30. The van der Waals surface area contributed by atoms with Gasteiger partial charge in [0.25, 0.3) is 0 Å². The molecule has 2 aromatic carbocycles. The molecule has 27 heavy (non-hydrogen) atoms. The number of sulfonamides is 1. The Bertz CT molecular complexity index is 941. The van der Waals surface area contributed by atoms with E-state index >= 15 is 0 Å². The summed E-state index contributed by atoms with van der Waals surface area (Å²) in [5.41, 5.74) is 1.47. The Morgan fingerprint density at radius 3 is 1.89 bits per heavy atom. The van der Waals surface area contributed by atoms with Gasteiger partial charge in [-0.15, -0.1) is 0 Å². The first-order valence-corrected chi connectivity index (χ1v) is 10.4. The van der Waals surface area contributed by atoms with Gasteiger partial charge in [0.1, 0.15) is 0 Å². The van der Waals surface area contributed by atoms with Crippen molar-refractivity contribution < 1.29 is 18.0 Å². The second-order valence-corrected chi connectivity index (χ2v) is 8.50. The van der Waals surface area contributed by atoms with E-state index in [-0.39, 0.29) is 11.6 Å². The van der Waals surface area contributed by atoms with E-state index in [2.05, 4.69) is 0 Å². The first-order chi connectivity index (χ1) is 12.5. The minimum atomic E-state index is -3.85. The van der Waals surface area contributed by atoms with E-state index in [1.165, 1.54) is 24.0 Å². The van der Waals surface area contributed by atoms with Crippen LogP contribution in [0.25, 0.3) is 0 Å². The van der Waals surface area contributed by atoms with E-state index in [9.17, 15) is 18.0 Å². The number of halogens is 1. The SMILES string of the molecule is CC(=O)N(C)c1ccc(N(C(=O)C(C)c2ccc(Cl)cc2)S(C)(=O)=O)cc1. The molecule has 6 nitrogen and oxygen atoms in total.